The van der Waals surface area contributed by atoms with Gasteiger partial charge in [0, 0.05) is 89.2 Å². The van der Waals surface area contributed by atoms with Gasteiger partial charge in [-0.15, -0.1) is 0 Å². The van der Waals surface area contributed by atoms with Crippen LogP contribution in [0.5, 0.6) is 0 Å². The quantitative estimate of drug-likeness (QED) is 0.0474. The molecule has 0 saturated carbocycles. The molecule has 5 rings (SSSR count). The van der Waals surface area contributed by atoms with Gasteiger partial charge in [-0.05, 0) is 70.9 Å². The third-order valence-corrected chi connectivity index (χ3v) is 16.3. The van der Waals surface area contributed by atoms with Crippen LogP contribution in [0.15, 0.2) is 46.8 Å². The monoisotopic (exact) mass is 1060 g/mol. The number of esters is 1. The molecule has 75 heavy (non-hydrogen) atoms. The normalized spacial score (nSPS) is 37.7. The molecular formula is C54H86FN7O13. The Morgan fingerprint density at radius 2 is 1.61 bits per heavy atom. The Balaban J connectivity index is 1.40. The first-order valence-electron chi connectivity index (χ1n) is 26.3. The fourth-order valence-corrected chi connectivity index (χ4v) is 11.7. The standard InChI is InChI=1S/C54H86FN7O13/c1-13-42-54(9,68)48(66)39(28-63)45(64)29(2)22-53(8,71-12)49(31(4)44(32(5)50(67)74-42)41-23-52(7,70-11)47(65)33(6)73-41)75-43-21-38(20-30(3)72-43)58-19-18-37(62-57)27-59-40(24-55)46(69-10)35-16-14-34(15-17-35)36-25-60-51(56)61-26-36/h14-17,25-27,29-33,38-44,46-49,58,63,65-66,68H,13,18-24,28,57H2,1-12H3,(H2,56,60,61)/b59-27?,62-37-/t29-,30-,31+,32-,33+,38+,39+,40-,41-,42-,43+,44?,46-,47+,48-,49-,52-,53-,54-/m1/s1. The number of ketones is 1. The van der Waals surface area contributed by atoms with Gasteiger partial charge in [0.1, 0.15) is 42.4 Å². The fraction of sp³-hybridized carbons (Fsp3) is 0.741. The number of nitrogens with two attached hydrogens (primary N) is 2. The van der Waals surface area contributed by atoms with Crippen molar-refractivity contribution >= 4 is 29.6 Å². The van der Waals surface area contributed by atoms with Gasteiger partial charge in [0.15, 0.2) is 6.29 Å². The Bertz CT molecular complexity index is 2190. The Morgan fingerprint density at radius 1 is 0.960 bits per heavy atom. The van der Waals surface area contributed by atoms with E-state index < -0.39 is 126 Å². The highest BCUT2D eigenvalue weighted by Gasteiger charge is 2.56. The molecule has 0 bridgehead atoms. The van der Waals surface area contributed by atoms with Crippen LogP contribution in [-0.2, 0) is 42.7 Å². The first-order valence-corrected chi connectivity index (χ1v) is 26.3. The number of methoxy groups -OCH3 is 3. The molecule has 4 heterocycles. The van der Waals surface area contributed by atoms with Crippen molar-refractivity contribution in [2.75, 3.05) is 46.9 Å². The molecule has 422 valence electrons. The number of cyclic esters (lactones) is 1. The number of anilines is 1. The molecule has 2 aromatic rings. The summed E-state index contributed by atoms with van der Waals surface area (Å²) in [6.07, 6.45) is -1.90. The van der Waals surface area contributed by atoms with Crippen molar-refractivity contribution in [3.8, 4) is 11.1 Å². The molecule has 20 nitrogen and oxygen atoms in total. The van der Waals surface area contributed by atoms with Gasteiger partial charge in [-0.1, -0.05) is 52.0 Å². The number of hydrogen-bond donors (Lipinski definition) is 7. The van der Waals surface area contributed by atoms with E-state index in [1.807, 2.05) is 45.0 Å². The molecule has 19 atom stereocenters. The minimum absolute atomic E-state index is 0.0373. The van der Waals surface area contributed by atoms with E-state index in [1.54, 1.807) is 47.0 Å². The topological polar surface area (TPSA) is 294 Å². The average Bonchev–Trinajstić information content (AvgIpc) is 3.39. The predicted octanol–water partition coefficient (Wildman–Crippen LogP) is 4.28. The highest BCUT2D eigenvalue weighted by atomic mass is 19.1. The second kappa shape index (κ2) is 27.0. The van der Waals surface area contributed by atoms with Crippen LogP contribution in [0.1, 0.15) is 113 Å². The third kappa shape index (κ3) is 14.5. The first-order chi connectivity index (χ1) is 35.4. The number of hydrogen-bond acceptors (Lipinski definition) is 20. The van der Waals surface area contributed by atoms with Crippen LogP contribution in [0.25, 0.3) is 11.1 Å². The van der Waals surface area contributed by atoms with E-state index in [4.69, 9.17) is 44.7 Å². The molecule has 3 fully saturated rings. The lowest BCUT2D eigenvalue weighted by Crippen LogP contribution is -2.61. The Labute approximate surface area is 441 Å². The number of ether oxygens (including phenoxy) is 7. The zero-order valence-electron chi connectivity index (χ0n) is 45.9. The van der Waals surface area contributed by atoms with Gasteiger partial charge in [0.05, 0.1) is 65.9 Å². The number of carbonyl (C=O) groups is 2. The number of halogens is 1. The summed E-state index contributed by atoms with van der Waals surface area (Å²) < 4.78 is 59.1. The maximum Gasteiger partial charge on any atom is 0.309 e. The highest BCUT2D eigenvalue weighted by Crippen LogP contribution is 2.46. The van der Waals surface area contributed by atoms with E-state index in [9.17, 15) is 34.4 Å². The van der Waals surface area contributed by atoms with Crippen molar-refractivity contribution in [2.24, 2.45) is 45.5 Å². The van der Waals surface area contributed by atoms with Crippen molar-refractivity contribution in [1.82, 2.24) is 15.3 Å². The van der Waals surface area contributed by atoms with Crippen LogP contribution in [0.4, 0.5) is 10.3 Å². The number of aliphatic imine (C=N–C) groups is 1. The molecule has 1 unspecified atom stereocenters. The number of Topliss-reactive ketones (excluding diaryl/α,β-unsaturated/α-hetero) is 1. The minimum Gasteiger partial charge on any atom is -0.459 e. The number of nitrogens with one attached hydrogen (secondary N) is 1. The lowest BCUT2D eigenvalue weighted by molar-refractivity contribution is -0.276. The second-order valence-corrected chi connectivity index (χ2v) is 21.6. The van der Waals surface area contributed by atoms with Crippen LogP contribution in [0.2, 0.25) is 0 Å². The Morgan fingerprint density at radius 3 is 2.19 bits per heavy atom. The van der Waals surface area contributed by atoms with Gasteiger partial charge in [0.2, 0.25) is 5.95 Å². The number of nitrogen functional groups attached to an aromatic ring is 1. The molecule has 1 aromatic carbocycles. The lowest BCUT2D eigenvalue weighted by Gasteiger charge is -2.52. The lowest BCUT2D eigenvalue weighted by atomic mass is 9.67. The summed E-state index contributed by atoms with van der Waals surface area (Å²) in [7, 11) is 4.53. The van der Waals surface area contributed by atoms with Gasteiger partial charge in [0.25, 0.3) is 0 Å². The molecule has 21 heteroatoms. The molecule has 1 aromatic heterocycles. The molecular weight excluding hydrogens is 974 g/mol. The van der Waals surface area contributed by atoms with Gasteiger partial charge in [-0.3, -0.25) is 14.6 Å². The smallest absolute Gasteiger partial charge is 0.309 e. The van der Waals surface area contributed by atoms with Crippen molar-refractivity contribution in [1.29, 1.82) is 0 Å². The molecule has 0 radical (unpaired) electrons. The van der Waals surface area contributed by atoms with Gasteiger partial charge >= 0.3 is 5.97 Å². The van der Waals surface area contributed by atoms with E-state index in [0.717, 1.165) is 16.7 Å². The molecule has 3 aliphatic rings. The summed E-state index contributed by atoms with van der Waals surface area (Å²) in [5.41, 5.74) is 3.91. The molecule has 9 N–H and O–H groups in total. The van der Waals surface area contributed by atoms with E-state index in [-0.39, 0.29) is 37.4 Å². The summed E-state index contributed by atoms with van der Waals surface area (Å²) in [4.78, 5) is 41.6. The fourth-order valence-electron chi connectivity index (χ4n) is 11.7. The molecule has 3 aliphatic heterocycles. The number of carbonyl (C=O) groups excluding carboxylic acids is 2. The van der Waals surface area contributed by atoms with Crippen molar-refractivity contribution in [3.05, 3.63) is 42.2 Å². The predicted molar refractivity (Wildman–Crippen MR) is 280 cm³/mol. The van der Waals surface area contributed by atoms with Crippen LogP contribution in [0.3, 0.4) is 0 Å². The highest BCUT2D eigenvalue weighted by molar-refractivity contribution is 6.30. The summed E-state index contributed by atoms with van der Waals surface area (Å²) >= 11 is 0. The summed E-state index contributed by atoms with van der Waals surface area (Å²) in [6, 6.07) is 6.38. The number of aliphatic hydroxyl groups is 4. The van der Waals surface area contributed by atoms with Crippen molar-refractivity contribution in [2.45, 2.75) is 185 Å². The van der Waals surface area contributed by atoms with Gasteiger partial charge in [-0.2, -0.15) is 5.10 Å². The molecule has 0 spiro atoms. The van der Waals surface area contributed by atoms with E-state index >= 15 is 0 Å². The Kier molecular flexibility index (Phi) is 22.2. The second-order valence-electron chi connectivity index (χ2n) is 21.6. The number of rotatable bonds is 18. The zero-order chi connectivity index (χ0) is 55.6. The maximum atomic E-state index is 14.6. The van der Waals surface area contributed by atoms with Crippen molar-refractivity contribution < 1.29 is 67.6 Å². The maximum absolute atomic E-state index is 14.6. The Hall–Kier alpha value is -4.13. The van der Waals surface area contributed by atoms with Gasteiger partial charge < -0.3 is 70.5 Å². The number of nitrogens with zero attached hydrogens (tertiary/aromatic N) is 4. The SMILES string of the molecule is CC[C@H]1OC(=O)[C@H](C)C([C@H]2C[C@@](C)(OC)[C@@H](O)[C@H](C)O2)[C@H](C)[C@@H](O[C@H]2C[C@@H](NCC/C(C=N[C@H](CF)[C@H](OC)c3ccc(-c4cnc(N)nc4)cc3)=N/N)C[C@@H](C)O2)[C@](C)(OC)C[C@@H](C)C(=O)[C@H](CO)[C@@H](O)[C@]1(C)O. The summed E-state index contributed by atoms with van der Waals surface area (Å²) in [6.45, 7) is 14.4. The molecule has 3 saturated heterocycles. The van der Waals surface area contributed by atoms with Crippen LogP contribution in [0, 0.1) is 29.6 Å². The van der Waals surface area contributed by atoms with Crippen molar-refractivity contribution in [3.63, 3.8) is 0 Å². The number of hydrazone groups is 1. The summed E-state index contributed by atoms with van der Waals surface area (Å²) in [5.74, 6) is 0.243. The number of benzene rings is 1. The number of alkyl halides is 1. The number of aliphatic hydroxyl groups excluding tert-OH is 3. The largest absolute Gasteiger partial charge is 0.459 e. The van der Waals surface area contributed by atoms with Crippen LogP contribution < -0.4 is 16.9 Å². The van der Waals surface area contributed by atoms with E-state index in [1.165, 1.54) is 34.5 Å². The molecule has 0 amide bonds. The van der Waals surface area contributed by atoms with Crippen LogP contribution in [-0.4, -0.2) is 173 Å². The van der Waals surface area contributed by atoms with E-state index in [2.05, 4.69) is 25.4 Å². The van der Waals surface area contributed by atoms with E-state index in [0.29, 0.717) is 31.5 Å². The third-order valence-electron chi connectivity index (χ3n) is 16.3. The average molecular weight is 1060 g/mol. The summed E-state index contributed by atoms with van der Waals surface area (Å²) in [5, 5.41) is 53.0. The zero-order valence-corrected chi connectivity index (χ0v) is 45.9. The first kappa shape index (κ1) is 61.7. The van der Waals surface area contributed by atoms with Gasteiger partial charge in [-0.25, -0.2) is 14.4 Å². The van der Waals surface area contributed by atoms with Crippen LogP contribution >= 0.6 is 0 Å². The minimum atomic E-state index is -2.13. The molecule has 0 aliphatic carbocycles. The number of aromatic nitrogens is 2.